The summed E-state index contributed by atoms with van der Waals surface area (Å²) in [7, 11) is -2.08. The standard InChI is InChI=1S/C11H23NO4S/c1-4-6-9(12)10(5-2)17(14,15)8-7-11(13)16-3/h9-10H,4-8,12H2,1-3H3. The van der Waals surface area contributed by atoms with Gasteiger partial charge in [-0.15, -0.1) is 0 Å². The fourth-order valence-electron chi connectivity index (χ4n) is 1.82. The number of methoxy groups -OCH3 is 1. The Morgan fingerprint density at radius 2 is 1.94 bits per heavy atom. The number of nitrogens with two attached hydrogens (primary N) is 1. The number of carbonyl (C=O) groups excluding carboxylic acids is 1. The summed E-state index contributed by atoms with van der Waals surface area (Å²) >= 11 is 0. The van der Waals surface area contributed by atoms with Crippen molar-refractivity contribution in [2.75, 3.05) is 12.9 Å². The number of carbonyl (C=O) groups is 1. The zero-order valence-electron chi connectivity index (χ0n) is 10.8. The molecule has 6 heteroatoms. The van der Waals surface area contributed by atoms with Crippen LogP contribution in [-0.4, -0.2) is 38.5 Å². The summed E-state index contributed by atoms with van der Waals surface area (Å²) in [6, 6.07) is -0.354. The van der Waals surface area contributed by atoms with E-state index < -0.39 is 21.1 Å². The largest absolute Gasteiger partial charge is 0.469 e. The molecule has 0 aromatic rings. The van der Waals surface area contributed by atoms with Crippen LogP contribution in [0.25, 0.3) is 0 Å². The van der Waals surface area contributed by atoms with Gasteiger partial charge in [0, 0.05) is 6.04 Å². The molecule has 0 aliphatic heterocycles. The number of ether oxygens (including phenoxy) is 1. The van der Waals surface area contributed by atoms with E-state index >= 15 is 0 Å². The van der Waals surface area contributed by atoms with Gasteiger partial charge in [0.1, 0.15) is 0 Å². The van der Waals surface area contributed by atoms with Crippen LogP contribution < -0.4 is 5.73 Å². The SMILES string of the molecule is CCCC(N)C(CC)S(=O)(=O)CCC(=O)OC. The molecule has 0 radical (unpaired) electrons. The van der Waals surface area contributed by atoms with Gasteiger partial charge < -0.3 is 10.5 Å². The summed E-state index contributed by atoms with van der Waals surface area (Å²) in [5.41, 5.74) is 5.87. The molecule has 0 heterocycles. The van der Waals surface area contributed by atoms with E-state index in [1.165, 1.54) is 7.11 Å². The van der Waals surface area contributed by atoms with Crippen molar-refractivity contribution in [3.8, 4) is 0 Å². The lowest BCUT2D eigenvalue weighted by Gasteiger charge is -2.22. The minimum atomic E-state index is -3.32. The lowest BCUT2D eigenvalue weighted by molar-refractivity contribution is -0.140. The zero-order valence-corrected chi connectivity index (χ0v) is 11.6. The van der Waals surface area contributed by atoms with Crippen LogP contribution in [0.2, 0.25) is 0 Å². The van der Waals surface area contributed by atoms with E-state index in [1.807, 2.05) is 6.92 Å². The third-order valence-electron chi connectivity index (χ3n) is 2.78. The quantitative estimate of drug-likeness (QED) is 0.658. The average Bonchev–Trinajstić information content (AvgIpc) is 2.27. The van der Waals surface area contributed by atoms with E-state index in [1.54, 1.807) is 6.92 Å². The number of sulfone groups is 1. The highest BCUT2D eigenvalue weighted by Gasteiger charge is 2.29. The maximum atomic E-state index is 12.0. The van der Waals surface area contributed by atoms with Crippen LogP contribution in [0, 0.1) is 0 Å². The summed E-state index contributed by atoms with van der Waals surface area (Å²) in [6.07, 6.45) is 1.90. The van der Waals surface area contributed by atoms with Crippen LogP contribution in [0.4, 0.5) is 0 Å². The van der Waals surface area contributed by atoms with Crippen LogP contribution in [0.15, 0.2) is 0 Å². The van der Waals surface area contributed by atoms with E-state index in [4.69, 9.17) is 5.73 Å². The molecule has 102 valence electrons. The minimum absolute atomic E-state index is 0.103. The number of hydrogen-bond acceptors (Lipinski definition) is 5. The highest BCUT2D eigenvalue weighted by Crippen LogP contribution is 2.15. The minimum Gasteiger partial charge on any atom is -0.469 e. The fourth-order valence-corrected chi connectivity index (χ4v) is 3.75. The molecule has 0 saturated heterocycles. The van der Waals surface area contributed by atoms with E-state index in [2.05, 4.69) is 4.74 Å². The van der Waals surface area contributed by atoms with Gasteiger partial charge in [-0.2, -0.15) is 0 Å². The normalized spacial score (nSPS) is 15.3. The van der Waals surface area contributed by atoms with Crippen LogP contribution in [0.5, 0.6) is 0 Å². The summed E-state index contributed by atoms with van der Waals surface area (Å²) in [5, 5.41) is -0.563. The van der Waals surface area contributed by atoms with Gasteiger partial charge in [0.15, 0.2) is 9.84 Å². The molecule has 0 bridgehead atoms. The third kappa shape index (κ3) is 5.50. The fraction of sp³-hybridized carbons (Fsp3) is 0.909. The molecule has 0 aliphatic rings. The van der Waals surface area contributed by atoms with Crippen LogP contribution in [0.1, 0.15) is 39.5 Å². The summed E-state index contributed by atoms with van der Waals surface area (Å²) in [5.74, 6) is -0.692. The predicted molar refractivity (Wildman–Crippen MR) is 67.4 cm³/mol. The highest BCUT2D eigenvalue weighted by molar-refractivity contribution is 7.92. The number of rotatable bonds is 8. The molecular formula is C11H23NO4S. The number of esters is 1. The Hall–Kier alpha value is -0.620. The van der Waals surface area contributed by atoms with Gasteiger partial charge in [-0.25, -0.2) is 8.42 Å². The molecule has 2 N–H and O–H groups in total. The van der Waals surface area contributed by atoms with E-state index in [0.717, 1.165) is 6.42 Å². The zero-order chi connectivity index (χ0) is 13.5. The van der Waals surface area contributed by atoms with Crippen molar-refractivity contribution in [1.82, 2.24) is 0 Å². The predicted octanol–water partition coefficient (Wildman–Crippen LogP) is 0.870. The maximum Gasteiger partial charge on any atom is 0.306 e. The molecule has 0 amide bonds. The van der Waals surface area contributed by atoms with Gasteiger partial charge in [-0.05, 0) is 12.8 Å². The molecule has 0 aliphatic carbocycles. The van der Waals surface area contributed by atoms with Gasteiger partial charge in [0.25, 0.3) is 0 Å². The maximum absolute atomic E-state index is 12.0. The van der Waals surface area contributed by atoms with Gasteiger partial charge in [0.2, 0.25) is 0 Å². The third-order valence-corrected chi connectivity index (χ3v) is 5.16. The molecule has 0 fully saturated rings. The molecular weight excluding hydrogens is 242 g/mol. The molecule has 5 nitrogen and oxygen atoms in total. The second-order valence-electron chi connectivity index (χ2n) is 4.09. The van der Waals surface area contributed by atoms with Crippen LogP contribution in [0.3, 0.4) is 0 Å². The first-order valence-corrected chi connectivity index (χ1v) is 7.64. The summed E-state index contributed by atoms with van der Waals surface area (Å²) in [4.78, 5) is 10.9. The molecule has 0 rings (SSSR count). The molecule has 0 saturated carbocycles. The van der Waals surface area contributed by atoms with E-state index in [9.17, 15) is 13.2 Å². The van der Waals surface area contributed by atoms with Gasteiger partial charge in [0.05, 0.1) is 24.5 Å². The second-order valence-corrected chi connectivity index (χ2v) is 6.43. The monoisotopic (exact) mass is 265 g/mol. The smallest absolute Gasteiger partial charge is 0.306 e. The summed E-state index contributed by atoms with van der Waals surface area (Å²) < 4.78 is 28.5. The van der Waals surface area contributed by atoms with Crippen molar-refractivity contribution in [2.45, 2.75) is 50.8 Å². The van der Waals surface area contributed by atoms with Crippen molar-refractivity contribution >= 4 is 15.8 Å². The first-order chi connectivity index (χ1) is 7.88. The Morgan fingerprint density at radius 3 is 2.35 bits per heavy atom. The van der Waals surface area contributed by atoms with Crippen molar-refractivity contribution in [3.63, 3.8) is 0 Å². The van der Waals surface area contributed by atoms with Gasteiger partial charge in [-0.3, -0.25) is 4.79 Å². The molecule has 17 heavy (non-hydrogen) atoms. The average molecular weight is 265 g/mol. The van der Waals surface area contributed by atoms with Crippen molar-refractivity contribution in [2.24, 2.45) is 5.73 Å². The van der Waals surface area contributed by atoms with E-state index in [-0.39, 0.29) is 18.2 Å². The van der Waals surface area contributed by atoms with Crippen molar-refractivity contribution in [1.29, 1.82) is 0 Å². The molecule has 2 unspecified atom stereocenters. The Morgan fingerprint density at radius 1 is 1.35 bits per heavy atom. The van der Waals surface area contributed by atoms with Crippen molar-refractivity contribution < 1.29 is 17.9 Å². The first kappa shape index (κ1) is 16.4. The Balaban J connectivity index is 4.58. The first-order valence-electron chi connectivity index (χ1n) is 5.93. The van der Waals surface area contributed by atoms with Gasteiger partial charge >= 0.3 is 5.97 Å². The Labute approximate surface area is 104 Å². The van der Waals surface area contributed by atoms with Crippen LogP contribution in [-0.2, 0) is 19.4 Å². The molecule has 0 spiro atoms. The molecule has 0 aromatic carbocycles. The molecule has 2 atom stereocenters. The Bertz CT molecular complexity index is 326. The summed E-state index contributed by atoms with van der Waals surface area (Å²) in [6.45, 7) is 3.77. The second kappa shape index (κ2) is 7.66. The Kier molecular flexibility index (Phi) is 7.38. The highest BCUT2D eigenvalue weighted by atomic mass is 32.2. The van der Waals surface area contributed by atoms with Gasteiger partial charge in [-0.1, -0.05) is 20.3 Å². The topological polar surface area (TPSA) is 86.5 Å². The number of hydrogen-bond donors (Lipinski definition) is 1. The van der Waals surface area contributed by atoms with Crippen molar-refractivity contribution in [3.05, 3.63) is 0 Å². The molecule has 0 aromatic heterocycles. The lowest BCUT2D eigenvalue weighted by Crippen LogP contribution is -2.41. The van der Waals surface area contributed by atoms with Crippen LogP contribution >= 0.6 is 0 Å². The lowest BCUT2D eigenvalue weighted by atomic mass is 10.1. The van der Waals surface area contributed by atoms with E-state index in [0.29, 0.717) is 12.8 Å².